The van der Waals surface area contributed by atoms with Gasteiger partial charge in [-0.25, -0.2) is 9.97 Å². The van der Waals surface area contributed by atoms with E-state index in [-0.39, 0.29) is 0 Å². The first kappa shape index (κ1) is 20.7. The van der Waals surface area contributed by atoms with Crippen molar-refractivity contribution in [3.8, 4) is 22.5 Å². The molecule has 2 aromatic heterocycles. The van der Waals surface area contributed by atoms with E-state index in [1.54, 1.807) is 0 Å². The molecule has 0 saturated heterocycles. The molecular weight excluding hydrogens is 476 g/mol. The summed E-state index contributed by atoms with van der Waals surface area (Å²) in [6.07, 6.45) is 0. The van der Waals surface area contributed by atoms with Gasteiger partial charge in [0.05, 0.1) is 22.4 Å². The predicted molar refractivity (Wildman–Crippen MR) is 161 cm³/mol. The third-order valence-corrected chi connectivity index (χ3v) is 7.98. The van der Waals surface area contributed by atoms with Gasteiger partial charge in [-0.15, -0.1) is 0 Å². The molecule has 0 aliphatic heterocycles. The van der Waals surface area contributed by atoms with Gasteiger partial charge in [-0.3, -0.25) is 0 Å². The van der Waals surface area contributed by atoms with Crippen LogP contribution in [-0.4, -0.2) is 9.97 Å². The van der Waals surface area contributed by atoms with Crippen LogP contribution in [-0.2, 0) is 0 Å². The van der Waals surface area contributed by atoms with Crippen LogP contribution in [0.25, 0.3) is 87.8 Å². The Morgan fingerprint density at radius 2 is 1.15 bits per heavy atom. The van der Waals surface area contributed by atoms with Crippen molar-refractivity contribution in [2.75, 3.05) is 0 Å². The molecule has 0 aliphatic rings. The summed E-state index contributed by atoms with van der Waals surface area (Å²) in [6.45, 7) is 0. The Morgan fingerprint density at radius 1 is 0.436 bits per heavy atom. The SMILES string of the molecule is c1ccc(-c2nc3ccccc3nc2-c2ccc3c(c2)c2cccc4oc5c6ccccc6cc3c5c42)cc1. The minimum absolute atomic E-state index is 0.886. The predicted octanol–water partition coefficient (Wildman–Crippen LogP) is 9.76. The molecule has 3 heteroatoms. The molecule has 180 valence electrons. The topological polar surface area (TPSA) is 38.9 Å². The van der Waals surface area contributed by atoms with E-state index in [0.29, 0.717) is 0 Å². The lowest BCUT2D eigenvalue weighted by atomic mass is 9.90. The standard InChI is InChI=1S/C36H20N2O/c1-2-9-21(10-3-1)34-35(38-30-15-7-6-14-29(30)37-34)23-17-18-25-27(20-23)26-13-8-16-31-32(26)33-28(25)19-22-11-4-5-12-24(22)36(33)39-31/h1-20H. The lowest BCUT2D eigenvalue weighted by Crippen LogP contribution is -1.95. The summed E-state index contributed by atoms with van der Waals surface area (Å²) in [5, 5.41) is 9.54. The van der Waals surface area contributed by atoms with Crippen LogP contribution in [0.4, 0.5) is 0 Å². The normalized spacial score (nSPS) is 12.1. The Bertz CT molecular complexity index is 2390. The van der Waals surface area contributed by atoms with Crippen molar-refractivity contribution in [3.63, 3.8) is 0 Å². The Morgan fingerprint density at radius 3 is 2.00 bits per heavy atom. The van der Waals surface area contributed by atoms with Crippen LogP contribution in [0, 0.1) is 0 Å². The van der Waals surface area contributed by atoms with Crippen LogP contribution in [0.15, 0.2) is 126 Å². The van der Waals surface area contributed by atoms with E-state index in [9.17, 15) is 0 Å². The lowest BCUT2D eigenvalue weighted by Gasteiger charge is -2.13. The van der Waals surface area contributed by atoms with Gasteiger partial charge in [-0.05, 0) is 57.3 Å². The quantitative estimate of drug-likeness (QED) is 0.177. The van der Waals surface area contributed by atoms with Crippen molar-refractivity contribution in [1.29, 1.82) is 0 Å². The zero-order valence-electron chi connectivity index (χ0n) is 20.8. The smallest absolute Gasteiger partial charge is 0.143 e. The number of nitrogens with zero attached hydrogens (tertiary/aromatic N) is 2. The second-order valence-corrected chi connectivity index (χ2v) is 10.2. The summed E-state index contributed by atoms with van der Waals surface area (Å²) in [5.74, 6) is 0. The van der Waals surface area contributed by atoms with Gasteiger partial charge >= 0.3 is 0 Å². The van der Waals surface area contributed by atoms with E-state index < -0.39 is 0 Å². The van der Waals surface area contributed by atoms with Gasteiger partial charge in [0.25, 0.3) is 0 Å². The lowest BCUT2D eigenvalue weighted by molar-refractivity contribution is 0.673. The van der Waals surface area contributed by atoms with Gasteiger partial charge in [-0.2, -0.15) is 0 Å². The number of benzene rings is 7. The van der Waals surface area contributed by atoms with Crippen molar-refractivity contribution in [1.82, 2.24) is 9.97 Å². The highest BCUT2D eigenvalue weighted by atomic mass is 16.3. The summed E-state index contributed by atoms with van der Waals surface area (Å²) in [7, 11) is 0. The van der Waals surface area contributed by atoms with Crippen molar-refractivity contribution in [2.45, 2.75) is 0 Å². The van der Waals surface area contributed by atoms with E-state index >= 15 is 0 Å². The first-order chi connectivity index (χ1) is 19.3. The van der Waals surface area contributed by atoms with Gasteiger partial charge < -0.3 is 4.42 Å². The molecule has 9 aromatic rings. The fraction of sp³-hybridized carbons (Fsp3) is 0. The molecule has 0 fully saturated rings. The van der Waals surface area contributed by atoms with Crippen LogP contribution in [0.1, 0.15) is 0 Å². The van der Waals surface area contributed by atoms with Crippen LogP contribution >= 0.6 is 0 Å². The van der Waals surface area contributed by atoms with Crippen molar-refractivity contribution in [3.05, 3.63) is 121 Å². The molecule has 0 N–H and O–H groups in total. The molecule has 7 aromatic carbocycles. The van der Waals surface area contributed by atoms with E-state index in [4.69, 9.17) is 14.4 Å². The number of aromatic nitrogens is 2. The summed E-state index contributed by atoms with van der Waals surface area (Å²) in [4.78, 5) is 10.2. The third kappa shape index (κ3) is 2.87. The van der Waals surface area contributed by atoms with Gasteiger partial charge in [0.15, 0.2) is 0 Å². The molecule has 0 aliphatic carbocycles. The molecular formula is C36H20N2O. The summed E-state index contributed by atoms with van der Waals surface area (Å²) in [6, 6.07) is 42.3. The number of rotatable bonds is 2. The average Bonchev–Trinajstić information content (AvgIpc) is 3.40. The number of furan rings is 1. The van der Waals surface area contributed by atoms with Crippen molar-refractivity contribution < 1.29 is 4.42 Å². The minimum atomic E-state index is 0.886. The fourth-order valence-electron chi connectivity index (χ4n) is 6.24. The second-order valence-electron chi connectivity index (χ2n) is 10.2. The Kier molecular flexibility index (Phi) is 4.05. The fourth-order valence-corrected chi connectivity index (χ4v) is 6.24. The molecule has 2 heterocycles. The van der Waals surface area contributed by atoms with Crippen LogP contribution in [0.5, 0.6) is 0 Å². The largest absolute Gasteiger partial charge is 0.455 e. The molecule has 0 amide bonds. The van der Waals surface area contributed by atoms with Crippen LogP contribution in [0.2, 0.25) is 0 Å². The maximum Gasteiger partial charge on any atom is 0.143 e. The highest BCUT2D eigenvalue weighted by molar-refractivity contribution is 6.36. The molecule has 9 rings (SSSR count). The van der Waals surface area contributed by atoms with Crippen LogP contribution in [0.3, 0.4) is 0 Å². The molecule has 0 radical (unpaired) electrons. The third-order valence-electron chi connectivity index (χ3n) is 7.98. The number of hydrogen-bond acceptors (Lipinski definition) is 3. The van der Waals surface area contributed by atoms with Crippen molar-refractivity contribution in [2.24, 2.45) is 0 Å². The van der Waals surface area contributed by atoms with Gasteiger partial charge in [0.1, 0.15) is 11.2 Å². The first-order valence-corrected chi connectivity index (χ1v) is 13.2. The summed E-state index contributed by atoms with van der Waals surface area (Å²) < 4.78 is 6.52. The molecule has 0 atom stereocenters. The number of fused-ring (bicyclic) bond motifs is 6. The molecule has 3 nitrogen and oxygen atoms in total. The highest BCUT2D eigenvalue weighted by Crippen LogP contribution is 2.46. The maximum absolute atomic E-state index is 6.52. The Hall–Kier alpha value is -5.28. The highest BCUT2D eigenvalue weighted by Gasteiger charge is 2.20. The monoisotopic (exact) mass is 496 g/mol. The number of hydrogen-bond donors (Lipinski definition) is 0. The Balaban J connectivity index is 1.42. The van der Waals surface area contributed by atoms with E-state index in [2.05, 4.69) is 91.0 Å². The zero-order valence-corrected chi connectivity index (χ0v) is 20.8. The van der Waals surface area contributed by atoms with Gasteiger partial charge in [0, 0.05) is 27.3 Å². The summed E-state index contributed by atoms with van der Waals surface area (Å²) in [5.41, 5.74) is 7.55. The molecule has 0 bridgehead atoms. The van der Waals surface area contributed by atoms with Crippen LogP contribution < -0.4 is 0 Å². The average molecular weight is 497 g/mol. The van der Waals surface area contributed by atoms with Crippen molar-refractivity contribution >= 4 is 65.3 Å². The molecule has 0 spiro atoms. The number of para-hydroxylation sites is 2. The zero-order chi connectivity index (χ0) is 25.5. The first-order valence-electron chi connectivity index (χ1n) is 13.2. The summed E-state index contributed by atoms with van der Waals surface area (Å²) >= 11 is 0. The second kappa shape index (κ2) is 7.62. The van der Waals surface area contributed by atoms with E-state index in [0.717, 1.165) is 50.1 Å². The molecule has 0 saturated carbocycles. The van der Waals surface area contributed by atoms with E-state index in [1.807, 2.05) is 30.3 Å². The maximum atomic E-state index is 6.52. The van der Waals surface area contributed by atoms with E-state index in [1.165, 1.54) is 37.7 Å². The Labute approximate surface area is 223 Å². The molecule has 0 unspecified atom stereocenters. The minimum Gasteiger partial charge on any atom is -0.455 e. The van der Waals surface area contributed by atoms with Gasteiger partial charge in [0.2, 0.25) is 0 Å². The molecule has 39 heavy (non-hydrogen) atoms. The van der Waals surface area contributed by atoms with Gasteiger partial charge in [-0.1, -0.05) is 91.0 Å².